The van der Waals surface area contributed by atoms with E-state index in [-0.39, 0.29) is 35.9 Å². The average Bonchev–Trinajstić information content (AvgIpc) is 3.19. The number of benzene rings is 1. The molecular formula is C29H41NO9. The van der Waals surface area contributed by atoms with Crippen LogP contribution in [0.15, 0.2) is 29.8 Å². The van der Waals surface area contributed by atoms with Crippen molar-refractivity contribution in [1.29, 1.82) is 0 Å². The van der Waals surface area contributed by atoms with Gasteiger partial charge in [0, 0.05) is 32.2 Å². The molecule has 1 saturated carbocycles. The molecule has 10 heteroatoms. The Balaban J connectivity index is 0.000000631. The second-order valence-corrected chi connectivity index (χ2v) is 11.0. The van der Waals surface area contributed by atoms with Crippen LogP contribution in [0, 0.1) is 23.2 Å². The number of aliphatic carboxylic acids is 2. The second-order valence-electron chi connectivity index (χ2n) is 11.0. The monoisotopic (exact) mass is 547 g/mol. The molecule has 2 fully saturated rings. The van der Waals surface area contributed by atoms with Crippen LogP contribution in [0.5, 0.6) is 11.5 Å². The van der Waals surface area contributed by atoms with Crippen LogP contribution < -0.4 is 9.47 Å². The lowest BCUT2D eigenvalue weighted by Crippen LogP contribution is -2.41. The maximum atomic E-state index is 13.0. The van der Waals surface area contributed by atoms with E-state index in [1.165, 1.54) is 19.3 Å². The predicted molar refractivity (Wildman–Crippen MR) is 142 cm³/mol. The summed E-state index contributed by atoms with van der Waals surface area (Å²) in [6.45, 7) is 6.84. The number of carboxylic acid groups (broad SMARTS) is 2. The van der Waals surface area contributed by atoms with Gasteiger partial charge in [0.1, 0.15) is 6.10 Å². The molecular weight excluding hydrogens is 506 g/mol. The minimum atomic E-state index is -1.82. The quantitative estimate of drug-likeness (QED) is 0.239. The highest BCUT2D eigenvalue weighted by molar-refractivity contribution is 6.27. The van der Waals surface area contributed by atoms with Crippen LogP contribution in [-0.4, -0.2) is 78.1 Å². The van der Waals surface area contributed by atoms with Gasteiger partial charge in [0.15, 0.2) is 11.5 Å². The van der Waals surface area contributed by atoms with Crippen molar-refractivity contribution in [3.63, 3.8) is 0 Å². The number of fused-ring (bicyclic) bond motifs is 2. The number of esters is 1. The number of methoxy groups -OCH3 is 2. The van der Waals surface area contributed by atoms with E-state index >= 15 is 0 Å². The molecule has 1 aliphatic heterocycles. The second kappa shape index (κ2) is 13.3. The zero-order chi connectivity index (χ0) is 28.7. The van der Waals surface area contributed by atoms with Crippen LogP contribution in [-0.2, 0) is 25.7 Å². The van der Waals surface area contributed by atoms with E-state index in [1.807, 2.05) is 18.2 Å². The first kappa shape index (κ1) is 30.4. The summed E-state index contributed by atoms with van der Waals surface area (Å²) < 4.78 is 16.8. The molecule has 1 saturated heterocycles. The van der Waals surface area contributed by atoms with Gasteiger partial charge in [0.25, 0.3) is 0 Å². The fraction of sp³-hybridized carbons (Fsp3) is 0.621. The average molecular weight is 548 g/mol. The summed E-state index contributed by atoms with van der Waals surface area (Å²) in [5.41, 5.74) is 2.80. The third-order valence-electron chi connectivity index (χ3n) is 8.21. The smallest absolute Gasteiger partial charge is 0.414 e. The van der Waals surface area contributed by atoms with Crippen LogP contribution in [0.2, 0.25) is 0 Å². The number of carboxylic acids is 2. The van der Waals surface area contributed by atoms with Gasteiger partial charge in [-0.15, -0.1) is 0 Å². The van der Waals surface area contributed by atoms with E-state index in [1.54, 1.807) is 19.8 Å². The van der Waals surface area contributed by atoms with Gasteiger partial charge in [-0.1, -0.05) is 38.0 Å². The van der Waals surface area contributed by atoms with Crippen LogP contribution in [0.25, 0.3) is 0 Å². The first-order chi connectivity index (χ1) is 18.5. The maximum Gasteiger partial charge on any atom is 0.414 e. The van der Waals surface area contributed by atoms with Crippen molar-refractivity contribution in [2.24, 2.45) is 23.2 Å². The molecule has 0 aromatic heterocycles. The maximum absolute atomic E-state index is 13.0. The van der Waals surface area contributed by atoms with Gasteiger partial charge >= 0.3 is 17.9 Å². The van der Waals surface area contributed by atoms with E-state index in [0.29, 0.717) is 36.9 Å². The molecule has 4 rings (SSSR count). The standard InChI is InChI=1S/C27H39NO5.C2H2O4/c1-18-7-5-10-27(2)15-25-20(14-22(18)27)21(26(30)33-25)17-28(11-6-12-29)16-19-8-9-23(31-3)24(13-19)32-4;3-1(4)2(5)6/h8-9,13-14,18,20-21,25,29H,5-7,10-12,15-17H2,1-4H3;(H,3,4)(H,5,6)/t18-,20+,21?,25+,27+;/m0./s1. The predicted octanol–water partition coefficient (Wildman–Crippen LogP) is 3.36. The molecule has 0 spiro atoms. The van der Waals surface area contributed by atoms with E-state index in [2.05, 4.69) is 24.8 Å². The lowest BCUT2D eigenvalue weighted by Gasteiger charge is -2.46. The van der Waals surface area contributed by atoms with Crippen LogP contribution in [0.3, 0.4) is 0 Å². The first-order valence-corrected chi connectivity index (χ1v) is 13.5. The first-order valence-electron chi connectivity index (χ1n) is 13.5. The van der Waals surface area contributed by atoms with Gasteiger partial charge in [-0.2, -0.15) is 0 Å². The number of allylic oxidation sites excluding steroid dienone is 1. The number of hydrogen-bond acceptors (Lipinski definition) is 8. The molecule has 0 amide bonds. The summed E-state index contributed by atoms with van der Waals surface area (Å²) in [5.74, 6) is -1.77. The lowest BCUT2D eigenvalue weighted by molar-refractivity contribution is -0.159. The van der Waals surface area contributed by atoms with Gasteiger partial charge in [-0.25, -0.2) is 9.59 Å². The summed E-state index contributed by atoms with van der Waals surface area (Å²) in [7, 11) is 3.26. The van der Waals surface area contributed by atoms with Crippen molar-refractivity contribution >= 4 is 17.9 Å². The van der Waals surface area contributed by atoms with Gasteiger partial charge in [-0.3, -0.25) is 9.69 Å². The lowest BCUT2D eigenvalue weighted by atomic mass is 9.59. The molecule has 1 aromatic rings. The number of hydrogen-bond donors (Lipinski definition) is 3. The zero-order valence-electron chi connectivity index (χ0n) is 23.2. The van der Waals surface area contributed by atoms with E-state index in [4.69, 9.17) is 34.0 Å². The Morgan fingerprint density at radius 3 is 2.46 bits per heavy atom. The Hall–Kier alpha value is -3.11. The summed E-state index contributed by atoms with van der Waals surface area (Å²) >= 11 is 0. The number of aliphatic hydroxyl groups is 1. The normalized spacial score (nSPS) is 27.3. The van der Waals surface area contributed by atoms with Crippen molar-refractivity contribution in [2.45, 2.75) is 58.6 Å². The molecule has 0 radical (unpaired) electrons. The van der Waals surface area contributed by atoms with Crippen LogP contribution in [0.1, 0.15) is 51.5 Å². The minimum Gasteiger partial charge on any atom is -0.493 e. The Morgan fingerprint density at radius 2 is 1.85 bits per heavy atom. The third kappa shape index (κ3) is 7.30. The molecule has 2 aliphatic carbocycles. The fourth-order valence-corrected chi connectivity index (χ4v) is 6.30. The number of ether oxygens (including phenoxy) is 3. The molecule has 3 N–H and O–H groups in total. The number of carbonyl (C=O) groups excluding carboxylic acids is 1. The summed E-state index contributed by atoms with van der Waals surface area (Å²) in [6.07, 6.45) is 7.69. The molecule has 10 nitrogen and oxygen atoms in total. The Kier molecular flexibility index (Phi) is 10.4. The summed E-state index contributed by atoms with van der Waals surface area (Å²) in [4.78, 5) is 33.5. The van der Waals surface area contributed by atoms with Gasteiger partial charge in [0.2, 0.25) is 0 Å². The zero-order valence-corrected chi connectivity index (χ0v) is 23.2. The molecule has 5 atom stereocenters. The highest BCUT2D eigenvalue weighted by atomic mass is 16.6. The van der Waals surface area contributed by atoms with Gasteiger partial charge in [0.05, 0.1) is 20.1 Å². The van der Waals surface area contributed by atoms with Gasteiger partial charge in [-0.05, 0) is 54.7 Å². The Bertz CT molecular complexity index is 1060. The van der Waals surface area contributed by atoms with Gasteiger partial charge < -0.3 is 29.5 Å². The van der Waals surface area contributed by atoms with Crippen LogP contribution >= 0.6 is 0 Å². The number of nitrogens with zero attached hydrogens (tertiary/aromatic N) is 1. The highest BCUT2D eigenvalue weighted by Gasteiger charge is 2.51. The molecule has 1 heterocycles. The molecule has 0 bridgehead atoms. The van der Waals surface area contributed by atoms with Crippen molar-refractivity contribution < 1.29 is 43.9 Å². The largest absolute Gasteiger partial charge is 0.493 e. The fourth-order valence-electron chi connectivity index (χ4n) is 6.30. The van der Waals surface area contributed by atoms with Crippen LogP contribution in [0.4, 0.5) is 0 Å². The topological polar surface area (TPSA) is 143 Å². The summed E-state index contributed by atoms with van der Waals surface area (Å²) in [5, 5.41) is 24.2. The Morgan fingerprint density at radius 1 is 1.15 bits per heavy atom. The SMILES string of the molecule is COc1ccc(CN(CCCO)CC2C(=O)O[C@@H]3C[C@@]4(C)CCC[C@H](C)C4=C[C@H]23)cc1OC.O=C(O)C(=O)O. The van der Waals surface area contributed by atoms with Crippen molar-refractivity contribution in [2.75, 3.05) is 33.9 Å². The third-order valence-corrected chi connectivity index (χ3v) is 8.21. The molecule has 1 aromatic carbocycles. The number of carbonyl (C=O) groups is 3. The number of rotatable bonds is 9. The van der Waals surface area contributed by atoms with Crippen molar-refractivity contribution in [1.82, 2.24) is 4.90 Å². The molecule has 39 heavy (non-hydrogen) atoms. The molecule has 3 aliphatic rings. The molecule has 1 unspecified atom stereocenters. The molecule has 216 valence electrons. The minimum absolute atomic E-state index is 0.0117. The highest BCUT2D eigenvalue weighted by Crippen LogP contribution is 2.54. The van der Waals surface area contributed by atoms with E-state index in [0.717, 1.165) is 18.5 Å². The van der Waals surface area contributed by atoms with Crippen molar-refractivity contribution in [3.8, 4) is 11.5 Å². The number of aliphatic hydroxyl groups excluding tert-OH is 1. The van der Waals surface area contributed by atoms with E-state index in [9.17, 15) is 9.90 Å². The summed E-state index contributed by atoms with van der Waals surface area (Å²) in [6, 6.07) is 5.92. The van der Waals surface area contributed by atoms with E-state index < -0.39 is 11.9 Å². The Labute approximate surface area is 229 Å². The van der Waals surface area contributed by atoms with Crippen molar-refractivity contribution in [3.05, 3.63) is 35.4 Å².